The second-order valence-electron chi connectivity index (χ2n) is 6.20. The van der Waals surface area contributed by atoms with Gasteiger partial charge in [-0.2, -0.15) is 0 Å². The molecule has 1 aromatic heterocycles. The van der Waals surface area contributed by atoms with Crippen LogP contribution in [0.5, 0.6) is 0 Å². The van der Waals surface area contributed by atoms with Gasteiger partial charge >= 0.3 is 0 Å². The lowest BCUT2D eigenvalue weighted by molar-refractivity contribution is -0.120. The van der Waals surface area contributed by atoms with Gasteiger partial charge in [0.1, 0.15) is 0 Å². The van der Waals surface area contributed by atoms with Crippen LogP contribution in [0.3, 0.4) is 0 Å². The van der Waals surface area contributed by atoms with Crippen molar-refractivity contribution in [3.05, 3.63) is 33.7 Å². The highest BCUT2D eigenvalue weighted by molar-refractivity contribution is 5.94. The molecule has 1 atom stereocenters. The quantitative estimate of drug-likeness (QED) is 0.774. The lowest BCUT2D eigenvalue weighted by Gasteiger charge is -2.16. The molecule has 1 saturated heterocycles. The molecule has 1 aromatic rings. The van der Waals surface area contributed by atoms with Crippen LogP contribution in [0.15, 0.2) is 16.9 Å². The van der Waals surface area contributed by atoms with E-state index in [1.807, 2.05) is 0 Å². The van der Waals surface area contributed by atoms with Crippen LogP contribution < -0.4 is 16.2 Å². The van der Waals surface area contributed by atoms with Gasteiger partial charge in [-0.05, 0) is 31.2 Å². The van der Waals surface area contributed by atoms with Crippen LogP contribution >= 0.6 is 0 Å². The SMILES string of the molecule is CC(C)Cc1cc(C(=O)NC2CCNC(=O)CC2)cc(=O)[nH]1. The number of aromatic amines is 1. The molecule has 1 unspecified atom stereocenters. The van der Waals surface area contributed by atoms with Crippen molar-refractivity contribution in [3.8, 4) is 0 Å². The Balaban J connectivity index is 2.07. The molecule has 0 bridgehead atoms. The van der Waals surface area contributed by atoms with E-state index in [1.54, 1.807) is 6.07 Å². The van der Waals surface area contributed by atoms with Crippen LogP contribution in [0.2, 0.25) is 0 Å². The van der Waals surface area contributed by atoms with Crippen molar-refractivity contribution in [3.63, 3.8) is 0 Å². The summed E-state index contributed by atoms with van der Waals surface area (Å²) in [5, 5.41) is 5.70. The van der Waals surface area contributed by atoms with E-state index in [4.69, 9.17) is 0 Å². The molecule has 1 aliphatic rings. The number of rotatable bonds is 4. The number of carbonyl (C=O) groups is 2. The van der Waals surface area contributed by atoms with Gasteiger partial charge in [-0.15, -0.1) is 0 Å². The number of nitrogens with one attached hydrogen (secondary N) is 3. The van der Waals surface area contributed by atoms with Crippen molar-refractivity contribution in [1.29, 1.82) is 0 Å². The molecule has 0 aromatic carbocycles. The number of carbonyl (C=O) groups excluding carboxylic acids is 2. The molecule has 6 nitrogen and oxygen atoms in total. The predicted octanol–water partition coefficient (Wildman–Crippen LogP) is 0.972. The molecule has 0 spiro atoms. The van der Waals surface area contributed by atoms with E-state index in [-0.39, 0.29) is 23.4 Å². The monoisotopic (exact) mass is 305 g/mol. The van der Waals surface area contributed by atoms with Crippen molar-refractivity contribution in [1.82, 2.24) is 15.6 Å². The summed E-state index contributed by atoms with van der Waals surface area (Å²) in [5.74, 6) is 0.162. The molecular weight excluding hydrogens is 282 g/mol. The Hall–Kier alpha value is -2.11. The topological polar surface area (TPSA) is 91.1 Å². The molecule has 3 N–H and O–H groups in total. The zero-order valence-electron chi connectivity index (χ0n) is 13.1. The zero-order valence-corrected chi connectivity index (χ0v) is 13.1. The smallest absolute Gasteiger partial charge is 0.251 e. The Kier molecular flexibility index (Phi) is 5.35. The minimum Gasteiger partial charge on any atom is -0.356 e. The summed E-state index contributed by atoms with van der Waals surface area (Å²) >= 11 is 0. The van der Waals surface area contributed by atoms with Gasteiger partial charge in [0.25, 0.3) is 5.91 Å². The largest absolute Gasteiger partial charge is 0.356 e. The molecule has 1 aliphatic heterocycles. The Bertz CT molecular complexity index is 607. The fraction of sp³-hybridized carbons (Fsp3) is 0.562. The zero-order chi connectivity index (χ0) is 16.1. The second-order valence-corrected chi connectivity index (χ2v) is 6.20. The van der Waals surface area contributed by atoms with E-state index >= 15 is 0 Å². The molecule has 2 rings (SSSR count). The first kappa shape index (κ1) is 16.3. The highest BCUT2D eigenvalue weighted by atomic mass is 16.2. The summed E-state index contributed by atoms with van der Waals surface area (Å²) in [4.78, 5) is 38.1. The number of amides is 2. The van der Waals surface area contributed by atoms with Crippen molar-refractivity contribution < 1.29 is 9.59 Å². The standard InChI is InChI=1S/C16H23N3O3/c1-10(2)7-13-8-11(9-15(21)18-13)16(22)19-12-3-4-14(20)17-6-5-12/h8-10,12H,3-7H2,1-2H3,(H,17,20)(H,18,21)(H,19,22). The van der Waals surface area contributed by atoms with Crippen molar-refractivity contribution in [2.75, 3.05) is 6.54 Å². The van der Waals surface area contributed by atoms with Crippen molar-refractivity contribution in [2.24, 2.45) is 5.92 Å². The summed E-state index contributed by atoms with van der Waals surface area (Å²) in [6, 6.07) is 3.01. The summed E-state index contributed by atoms with van der Waals surface area (Å²) < 4.78 is 0. The van der Waals surface area contributed by atoms with Crippen LogP contribution in [0.25, 0.3) is 0 Å². The number of hydrogen-bond acceptors (Lipinski definition) is 3. The van der Waals surface area contributed by atoms with Gasteiger partial charge in [-0.1, -0.05) is 13.8 Å². The van der Waals surface area contributed by atoms with Gasteiger partial charge in [0.05, 0.1) is 0 Å². The molecule has 0 radical (unpaired) electrons. The van der Waals surface area contributed by atoms with Gasteiger partial charge in [-0.25, -0.2) is 0 Å². The molecule has 1 fully saturated rings. The fourth-order valence-electron chi connectivity index (χ4n) is 2.62. The molecule has 0 aliphatic carbocycles. The third kappa shape index (κ3) is 4.72. The molecule has 0 saturated carbocycles. The number of aromatic nitrogens is 1. The van der Waals surface area contributed by atoms with E-state index in [0.717, 1.165) is 12.1 Å². The van der Waals surface area contributed by atoms with Gasteiger partial charge in [0, 0.05) is 36.3 Å². The molecule has 6 heteroatoms. The second kappa shape index (κ2) is 7.24. The third-order valence-corrected chi connectivity index (χ3v) is 3.66. The van der Waals surface area contributed by atoms with Crippen LogP contribution in [-0.4, -0.2) is 29.4 Å². The Labute approximate surface area is 129 Å². The fourth-order valence-corrected chi connectivity index (χ4v) is 2.62. The third-order valence-electron chi connectivity index (χ3n) is 3.66. The van der Waals surface area contributed by atoms with E-state index in [0.29, 0.717) is 37.3 Å². The van der Waals surface area contributed by atoms with Crippen LogP contribution in [0, 0.1) is 5.92 Å². The molecule has 2 amide bonds. The minimum absolute atomic E-state index is 0.0205. The lowest BCUT2D eigenvalue weighted by atomic mass is 10.1. The summed E-state index contributed by atoms with van der Waals surface area (Å²) in [6.45, 7) is 4.68. The number of hydrogen-bond donors (Lipinski definition) is 3. The number of H-pyrrole nitrogens is 1. The van der Waals surface area contributed by atoms with E-state index < -0.39 is 0 Å². The summed E-state index contributed by atoms with van der Waals surface area (Å²) in [5.41, 5.74) is 0.884. The van der Waals surface area contributed by atoms with Gasteiger partial charge in [0.15, 0.2) is 0 Å². The first-order valence-electron chi connectivity index (χ1n) is 7.75. The van der Waals surface area contributed by atoms with Crippen LogP contribution in [0.4, 0.5) is 0 Å². The Morgan fingerprint density at radius 3 is 2.82 bits per heavy atom. The van der Waals surface area contributed by atoms with Crippen molar-refractivity contribution in [2.45, 2.75) is 45.6 Å². The normalized spacial score (nSPS) is 18.7. The minimum atomic E-state index is -0.263. The van der Waals surface area contributed by atoms with Crippen LogP contribution in [0.1, 0.15) is 49.2 Å². The Morgan fingerprint density at radius 1 is 1.32 bits per heavy atom. The van der Waals surface area contributed by atoms with E-state index in [1.165, 1.54) is 6.07 Å². The van der Waals surface area contributed by atoms with Gasteiger partial charge in [-0.3, -0.25) is 14.4 Å². The maximum Gasteiger partial charge on any atom is 0.251 e. The lowest BCUT2D eigenvalue weighted by Crippen LogP contribution is -2.36. The first-order chi connectivity index (χ1) is 10.4. The molecular formula is C16H23N3O3. The molecule has 120 valence electrons. The number of pyridine rings is 1. The Morgan fingerprint density at radius 2 is 2.09 bits per heavy atom. The van der Waals surface area contributed by atoms with Crippen LogP contribution in [-0.2, 0) is 11.2 Å². The maximum absolute atomic E-state index is 12.3. The predicted molar refractivity (Wildman–Crippen MR) is 83.7 cm³/mol. The highest BCUT2D eigenvalue weighted by Crippen LogP contribution is 2.09. The maximum atomic E-state index is 12.3. The van der Waals surface area contributed by atoms with E-state index in [9.17, 15) is 14.4 Å². The highest BCUT2D eigenvalue weighted by Gasteiger charge is 2.19. The van der Waals surface area contributed by atoms with Gasteiger partial charge < -0.3 is 15.6 Å². The van der Waals surface area contributed by atoms with Crippen molar-refractivity contribution >= 4 is 11.8 Å². The van der Waals surface area contributed by atoms with Gasteiger partial charge in [0.2, 0.25) is 11.5 Å². The molecule has 2 heterocycles. The summed E-state index contributed by atoms with van der Waals surface area (Å²) in [7, 11) is 0. The van der Waals surface area contributed by atoms with E-state index in [2.05, 4.69) is 29.5 Å². The first-order valence-corrected chi connectivity index (χ1v) is 7.75. The average molecular weight is 305 g/mol. The average Bonchev–Trinajstić information content (AvgIpc) is 2.62. The molecule has 22 heavy (non-hydrogen) atoms. The summed E-state index contributed by atoms with van der Waals surface area (Å²) in [6.07, 6.45) is 2.47.